The smallest absolute Gasteiger partial charge is 0.416 e. The number of carbonyl (C=O) groups excluding carboxylic acids is 2. The van der Waals surface area contributed by atoms with E-state index in [1.165, 1.54) is 4.90 Å². The summed E-state index contributed by atoms with van der Waals surface area (Å²) in [6.07, 6.45) is 3.58. The van der Waals surface area contributed by atoms with Crippen LogP contribution in [0.15, 0.2) is 35.4 Å². The molecule has 1 heterocycles. The lowest BCUT2D eigenvalue weighted by Crippen LogP contribution is -2.47. The van der Waals surface area contributed by atoms with E-state index >= 15 is 0 Å². The molecular formula is C19H24N4O3. The number of hydrogen-bond donors (Lipinski definition) is 0. The largest absolute Gasteiger partial charge is 0.447 e. The van der Waals surface area contributed by atoms with E-state index in [4.69, 9.17) is 10.3 Å². The Morgan fingerprint density at radius 3 is 2.65 bits per heavy atom. The van der Waals surface area contributed by atoms with Gasteiger partial charge in [-0.15, -0.1) is 0 Å². The van der Waals surface area contributed by atoms with Crippen molar-refractivity contribution in [2.75, 3.05) is 6.61 Å². The average Bonchev–Trinajstić information content (AvgIpc) is 3.01. The second kappa shape index (κ2) is 8.23. The van der Waals surface area contributed by atoms with Crippen molar-refractivity contribution in [3.05, 3.63) is 46.3 Å². The number of cyclic esters (lactones) is 1. The van der Waals surface area contributed by atoms with E-state index in [0.29, 0.717) is 12.3 Å². The van der Waals surface area contributed by atoms with Gasteiger partial charge in [-0.25, -0.2) is 9.69 Å². The van der Waals surface area contributed by atoms with E-state index in [-0.39, 0.29) is 18.6 Å². The van der Waals surface area contributed by atoms with Crippen molar-refractivity contribution in [3.63, 3.8) is 0 Å². The number of amides is 2. The topological polar surface area (TPSA) is 95.4 Å². The Kier molecular flexibility index (Phi) is 5.78. The first-order chi connectivity index (χ1) is 12.6. The monoisotopic (exact) mass is 356 g/mol. The number of imide groups is 1. The summed E-state index contributed by atoms with van der Waals surface area (Å²) in [5, 5.41) is 3.77. The van der Waals surface area contributed by atoms with Crippen molar-refractivity contribution >= 4 is 12.0 Å². The number of hydrogen-bond acceptors (Lipinski definition) is 4. The van der Waals surface area contributed by atoms with E-state index in [1.54, 1.807) is 0 Å². The molecule has 1 aromatic rings. The molecule has 2 fully saturated rings. The lowest BCUT2D eigenvalue weighted by Gasteiger charge is -2.32. The Bertz CT molecular complexity index is 694. The molecule has 0 aromatic heterocycles. The van der Waals surface area contributed by atoms with Gasteiger partial charge in [0, 0.05) is 4.91 Å². The molecule has 7 nitrogen and oxygen atoms in total. The Morgan fingerprint density at radius 1 is 1.31 bits per heavy atom. The van der Waals surface area contributed by atoms with Gasteiger partial charge in [0.1, 0.15) is 12.6 Å². The molecule has 2 amide bonds. The first kappa shape index (κ1) is 18.3. The van der Waals surface area contributed by atoms with Crippen LogP contribution in [0.5, 0.6) is 0 Å². The Morgan fingerprint density at radius 2 is 2.00 bits per heavy atom. The van der Waals surface area contributed by atoms with Crippen molar-refractivity contribution < 1.29 is 14.3 Å². The molecule has 0 bridgehead atoms. The molecule has 1 saturated carbocycles. The van der Waals surface area contributed by atoms with Crippen LogP contribution in [0, 0.1) is 11.8 Å². The molecule has 1 unspecified atom stereocenters. The quantitative estimate of drug-likeness (QED) is 0.452. The van der Waals surface area contributed by atoms with Crippen molar-refractivity contribution in [1.29, 1.82) is 0 Å². The second-order valence-electron chi connectivity index (χ2n) is 7.30. The predicted octanol–water partition coefficient (Wildman–Crippen LogP) is 4.08. The van der Waals surface area contributed by atoms with Crippen molar-refractivity contribution in [3.8, 4) is 0 Å². The Hall–Kier alpha value is -2.53. The fourth-order valence-corrected chi connectivity index (χ4v) is 3.91. The van der Waals surface area contributed by atoms with Gasteiger partial charge in [-0.1, -0.05) is 55.2 Å². The third kappa shape index (κ3) is 3.99. The molecule has 0 spiro atoms. The Balaban J connectivity index is 1.77. The highest BCUT2D eigenvalue weighted by atomic mass is 16.6. The lowest BCUT2D eigenvalue weighted by atomic mass is 9.79. The molecule has 2 atom stereocenters. The minimum absolute atomic E-state index is 0.0135. The van der Waals surface area contributed by atoms with Gasteiger partial charge in [0.25, 0.3) is 0 Å². The van der Waals surface area contributed by atoms with Crippen LogP contribution in [-0.2, 0) is 16.0 Å². The first-order valence-electron chi connectivity index (χ1n) is 9.18. The summed E-state index contributed by atoms with van der Waals surface area (Å²) in [5.41, 5.74) is 9.98. The molecule has 26 heavy (non-hydrogen) atoms. The second-order valence-corrected chi connectivity index (χ2v) is 7.30. The van der Waals surface area contributed by atoms with Crippen LogP contribution >= 0.6 is 0 Å². The lowest BCUT2D eigenvalue weighted by molar-refractivity contribution is -0.132. The summed E-state index contributed by atoms with van der Waals surface area (Å²) in [4.78, 5) is 29.3. The van der Waals surface area contributed by atoms with E-state index in [0.717, 1.165) is 31.2 Å². The van der Waals surface area contributed by atoms with Crippen LogP contribution in [0.25, 0.3) is 10.4 Å². The van der Waals surface area contributed by atoms with Crippen LogP contribution in [-0.4, -0.2) is 35.6 Å². The highest BCUT2D eigenvalue weighted by molar-refractivity contribution is 5.96. The summed E-state index contributed by atoms with van der Waals surface area (Å²) < 4.78 is 5.14. The molecule has 0 N–H and O–H groups in total. The molecule has 1 aliphatic heterocycles. The van der Waals surface area contributed by atoms with E-state index in [1.807, 2.05) is 30.3 Å². The van der Waals surface area contributed by atoms with Gasteiger partial charge in [-0.3, -0.25) is 4.79 Å². The van der Waals surface area contributed by atoms with Crippen LogP contribution in [0.1, 0.15) is 38.2 Å². The van der Waals surface area contributed by atoms with Gasteiger partial charge in [-0.2, -0.15) is 0 Å². The maximum Gasteiger partial charge on any atom is 0.416 e. The number of rotatable bonds is 5. The fourth-order valence-electron chi connectivity index (χ4n) is 3.91. The predicted molar refractivity (Wildman–Crippen MR) is 96.2 cm³/mol. The van der Waals surface area contributed by atoms with Gasteiger partial charge in [0.15, 0.2) is 0 Å². The van der Waals surface area contributed by atoms with Gasteiger partial charge in [0.05, 0.1) is 6.04 Å². The zero-order valence-corrected chi connectivity index (χ0v) is 15.0. The third-order valence-electron chi connectivity index (χ3n) is 5.45. The average molecular weight is 356 g/mol. The van der Waals surface area contributed by atoms with E-state index in [2.05, 4.69) is 16.9 Å². The van der Waals surface area contributed by atoms with E-state index < -0.39 is 18.0 Å². The molecule has 0 radical (unpaired) electrons. The van der Waals surface area contributed by atoms with Crippen molar-refractivity contribution in [1.82, 2.24) is 4.90 Å². The van der Waals surface area contributed by atoms with Crippen LogP contribution in [0.4, 0.5) is 4.79 Å². The van der Waals surface area contributed by atoms with Gasteiger partial charge >= 0.3 is 6.09 Å². The highest BCUT2D eigenvalue weighted by Crippen LogP contribution is 2.33. The zero-order valence-electron chi connectivity index (χ0n) is 15.0. The normalized spacial score (nSPS) is 26.7. The SMILES string of the molecule is C[C@H]1CC[C@H](C(N=[N+]=[N-])C(=O)N2C(=O)OC[C@@H]2Cc2ccccc2)CC1. The number of benzene rings is 1. The van der Waals surface area contributed by atoms with Gasteiger partial charge < -0.3 is 4.74 Å². The summed E-state index contributed by atoms with van der Waals surface area (Å²) >= 11 is 0. The summed E-state index contributed by atoms with van der Waals surface area (Å²) in [6.45, 7) is 2.36. The molecule has 138 valence electrons. The number of ether oxygens (including phenoxy) is 1. The molecule has 2 aliphatic rings. The number of carbonyl (C=O) groups is 2. The molecular weight excluding hydrogens is 332 g/mol. The van der Waals surface area contributed by atoms with Gasteiger partial charge in [-0.05, 0) is 42.2 Å². The fraction of sp³-hybridized carbons (Fsp3) is 0.579. The summed E-state index contributed by atoms with van der Waals surface area (Å²) in [7, 11) is 0. The molecule has 1 aromatic carbocycles. The summed E-state index contributed by atoms with van der Waals surface area (Å²) in [6, 6.07) is 8.48. The zero-order chi connectivity index (χ0) is 18.5. The molecule has 7 heteroatoms. The highest BCUT2D eigenvalue weighted by Gasteiger charge is 2.43. The number of nitrogens with zero attached hydrogens (tertiary/aromatic N) is 4. The minimum Gasteiger partial charge on any atom is -0.447 e. The maximum atomic E-state index is 13.1. The Labute approximate surface area is 152 Å². The maximum absolute atomic E-state index is 13.1. The van der Waals surface area contributed by atoms with Crippen molar-refractivity contribution in [2.24, 2.45) is 17.0 Å². The third-order valence-corrected chi connectivity index (χ3v) is 5.45. The summed E-state index contributed by atoms with van der Waals surface area (Å²) in [5.74, 6) is 0.182. The standard InChI is InChI=1S/C19H24N4O3/c1-13-7-9-15(10-8-13)17(21-22-20)18(24)23-16(12-26-19(23)25)11-14-5-3-2-4-6-14/h2-6,13,15-17H,7-12H2,1H3/t13-,15-,16-,17?/m0/s1. The minimum atomic E-state index is -0.837. The van der Waals surface area contributed by atoms with Gasteiger partial charge in [0.2, 0.25) is 5.91 Å². The molecule has 1 aliphatic carbocycles. The van der Waals surface area contributed by atoms with Crippen LogP contribution in [0.2, 0.25) is 0 Å². The van der Waals surface area contributed by atoms with Crippen LogP contribution < -0.4 is 0 Å². The number of azide groups is 1. The first-order valence-corrected chi connectivity index (χ1v) is 9.18. The van der Waals surface area contributed by atoms with Crippen LogP contribution in [0.3, 0.4) is 0 Å². The molecule has 3 rings (SSSR count). The van der Waals surface area contributed by atoms with Crippen molar-refractivity contribution in [2.45, 2.75) is 51.1 Å². The van der Waals surface area contributed by atoms with E-state index in [9.17, 15) is 9.59 Å². The molecule has 1 saturated heterocycles.